The van der Waals surface area contributed by atoms with E-state index >= 15 is 0 Å². The van der Waals surface area contributed by atoms with Crippen LogP contribution < -0.4 is 5.32 Å². The zero-order valence-corrected chi connectivity index (χ0v) is 18.6. The van der Waals surface area contributed by atoms with Crippen molar-refractivity contribution in [2.75, 3.05) is 31.2 Å². The lowest BCUT2D eigenvalue weighted by atomic mass is 9.99. The fourth-order valence-electron chi connectivity index (χ4n) is 3.76. The number of carbonyl (C=O) groups excluding carboxylic acids is 1. The molecule has 2 aromatic carbocycles. The van der Waals surface area contributed by atoms with Gasteiger partial charge in [-0.2, -0.15) is 0 Å². The van der Waals surface area contributed by atoms with Crippen LogP contribution in [0, 0.1) is 13.8 Å². The number of benzene rings is 2. The third kappa shape index (κ3) is 4.65. The molecule has 0 aliphatic carbocycles. The number of nitrogens with one attached hydrogen (secondary N) is 1. The Labute approximate surface area is 182 Å². The normalized spacial score (nSPS) is 18.2. The molecule has 156 valence electrons. The quantitative estimate of drug-likeness (QED) is 0.802. The summed E-state index contributed by atoms with van der Waals surface area (Å²) in [6, 6.07) is 16.2. The van der Waals surface area contributed by atoms with Crippen molar-refractivity contribution in [3.05, 3.63) is 65.2 Å². The number of piperidine rings is 1. The zero-order valence-electron chi connectivity index (χ0n) is 17.8. The number of amides is 1. The van der Waals surface area contributed by atoms with Gasteiger partial charge in [-0.25, -0.2) is 4.99 Å². The molecular formula is C24H28N4OS. The van der Waals surface area contributed by atoms with E-state index in [0.717, 1.165) is 47.9 Å². The van der Waals surface area contributed by atoms with Crippen molar-refractivity contribution in [1.29, 1.82) is 0 Å². The molecule has 0 saturated carbocycles. The van der Waals surface area contributed by atoms with Crippen molar-refractivity contribution in [2.45, 2.75) is 32.4 Å². The first kappa shape index (κ1) is 20.8. The molecule has 0 atom stereocenters. The largest absolute Gasteiger partial charge is 0.325 e. The Kier molecular flexibility index (Phi) is 6.06. The predicted molar refractivity (Wildman–Crippen MR) is 127 cm³/mol. The Morgan fingerprint density at radius 3 is 2.50 bits per heavy atom. The highest BCUT2D eigenvalue weighted by atomic mass is 32.2. The average molecular weight is 421 g/mol. The smallest absolute Gasteiger partial charge is 0.234 e. The molecule has 2 heterocycles. The summed E-state index contributed by atoms with van der Waals surface area (Å²) in [5, 5.41) is 3.88. The van der Waals surface area contributed by atoms with Crippen LogP contribution in [0.3, 0.4) is 0 Å². The third-order valence-electron chi connectivity index (χ3n) is 5.80. The lowest BCUT2D eigenvalue weighted by molar-refractivity contribution is -0.113. The summed E-state index contributed by atoms with van der Waals surface area (Å²) >= 11 is 1.48. The van der Waals surface area contributed by atoms with Gasteiger partial charge in [0.1, 0.15) is 5.04 Å². The average Bonchev–Trinajstić information content (AvgIpc) is 3.11. The topological polar surface area (TPSA) is 57.1 Å². The van der Waals surface area contributed by atoms with Gasteiger partial charge < -0.3 is 10.2 Å². The van der Waals surface area contributed by atoms with Gasteiger partial charge >= 0.3 is 0 Å². The number of aryl methyl sites for hydroxylation is 2. The van der Waals surface area contributed by atoms with Crippen LogP contribution in [0.4, 0.5) is 5.69 Å². The SMILES string of the molecule is Cc1ccc(NC(=O)CSC2=NC3(CCN(C)CC3)N=C2c2ccccc2)cc1C. The number of rotatable bonds is 4. The first-order valence-corrected chi connectivity index (χ1v) is 11.4. The highest BCUT2D eigenvalue weighted by Gasteiger charge is 2.39. The van der Waals surface area contributed by atoms with Crippen LogP contribution in [-0.2, 0) is 4.79 Å². The summed E-state index contributed by atoms with van der Waals surface area (Å²) in [6.45, 7) is 6.09. The molecule has 0 unspecified atom stereocenters. The monoisotopic (exact) mass is 420 g/mol. The van der Waals surface area contributed by atoms with E-state index in [-0.39, 0.29) is 11.6 Å². The maximum Gasteiger partial charge on any atom is 0.234 e. The molecule has 4 rings (SSSR count). The summed E-state index contributed by atoms with van der Waals surface area (Å²) < 4.78 is 0. The van der Waals surface area contributed by atoms with Crippen molar-refractivity contribution in [3.8, 4) is 0 Å². The lowest BCUT2D eigenvalue weighted by Crippen LogP contribution is -2.39. The van der Waals surface area contributed by atoms with Gasteiger partial charge in [0.05, 0.1) is 11.5 Å². The van der Waals surface area contributed by atoms with Gasteiger partial charge in [0.15, 0.2) is 5.66 Å². The van der Waals surface area contributed by atoms with Gasteiger partial charge in [-0.3, -0.25) is 9.79 Å². The molecule has 0 aromatic heterocycles. The molecule has 2 aliphatic rings. The molecule has 1 fully saturated rings. The van der Waals surface area contributed by atoms with Crippen molar-refractivity contribution < 1.29 is 4.79 Å². The van der Waals surface area contributed by atoms with Gasteiger partial charge in [0, 0.05) is 37.2 Å². The Hall–Kier alpha value is -2.44. The van der Waals surface area contributed by atoms with E-state index in [2.05, 4.69) is 43.2 Å². The van der Waals surface area contributed by atoms with Crippen LogP contribution in [0.2, 0.25) is 0 Å². The number of aliphatic imine (C=N–C) groups is 2. The van der Waals surface area contributed by atoms with Crippen molar-refractivity contribution >= 4 is 34.1 Å². The van der Waals surface area contributed by atoms with Crippen molar-refractivity contribution in [3.63, 3.8) is 0 Å². The summed E-state index contributed by atoms with van der Waals surface area (Å²) in [7, 11) is 2.14. The lowest BCUT2D eigenvalue weighted by Gasteiger charge is -2.33. The highest BCUT2D eigenvalue weighted by molar-refractivity contribution is 8.16. The number of anilines is 1. The van der Waals surface area contributed by atoms with E-state index in [9.17, 15) is 4.79 Å². The molecule has 6 heteroatoms. The van der Waals surface area contributed by atoms with Crippen LogP contribution >= 0.6 is 11.8 Å². The standard InChI is InChI=1S/C24H28N4OS/c1-17-9-10-20(15-18(17)2)25-21(29)16-30-23-22(19-7-5-4-6-8-19)26-24(27-23)11-13-28(3)14-12-24/h4-10,15H,11-14,16H2,1-3H3,(H,25,29). The van der Waals surface area contributed by atoms with Crippen molar-refractivity contribution in [1.82, 2.24) is 4.90 Å². The van der Waals surface area contributed by atoms with Gasteiger partial charge in [0.2, 0.25) is 5.91 Å². The summed E-state index contributed by atoms with van der Waals surface area (Å²) in [4.78, 5) is 25.0. The molecule has 2 aliphatic heterocycles. The van der Waals surface area contributed by atoms with E-state index in [1.54, 1.807) is 0 Å². The second-order valence-corrected chi connectivity index (χ2v) is 9.13. The number of likely N-dealkylation sites (tertiary alicyclic amines) is 1. The van der Waals surface area contributed by atoms with E-state index in [4.69, 9.17) is 9.98 Å². The minimum atomic E-state index is -0.370. The number of thioether (sulfide) groups is 1. The highest BCUT2D eigenvalue weighted by Crippen LogP contribution is 2.35. The van der Waals surface area contributed by atoms with Crippen LogP contribution in [0.15, 0.2) is 58.5 Å². The number of carbonyl (C=O) groups is 1. The molecule has 30 heavy (non-hydrogen) atoms. The Bertz CT molecular complexity index is 992. The third-order valence-corrected chi connectivity index (χ3v) is 6.76. The molecule has 1 amide bonds. The number of hydrogen-bond acceptors (Lipinski definition) is 5. The predicted octanol–water partition coefficient (Wildman–Crippen LogP) is 4.30. The molecule has 5 nitrogen and oxygen atoms in total. The van der Waals surface area contributed by atoms with Crippen LogP contribution in [0.5, 0.6) is 0 Å². The van der Waals surface area contributed by atoms with E-state index in [1.165, 1.54) is 22.9 Å². The Morgan fingerprint density at radius 1 is 1.07 bits per heavy atom. The second kappa shape index (κ2) is 8.74. The van der Waals surface area contributed by atoms with Crippen LogP contribution in [0.1, 0.15) is 29.5 Å². The maximum absolute atomic E-state index is 12.6. The summed E-state index contributed by atoms with van der Waals surface area (Å²) in [5.74, 6) is 0.288. The molecule has 2 aromatic rings. The van der Waals surface area contributed by atoms with E-state index < -0.39 is 0 Å². The molecular weight excluding hydrogens is 392 g/mol. The van der Waals surface area contributed by atoms with Gasteiger partial charge in [-0.1, -0.05) is 48.2 Å². The molecule has 0 radical (unpaired) electrons. The summed E-state index contributed by atoms with van der Waals surface area (Å²) in [6.07, 6.45) is 1.83. The molecule has 0 bridgehead atoms. The second-order valence-electron chi connectivity index (χ2n) is 8.17. The molecule has 1 saturated heterocycles. The minimum absolute atomic E-state index is 0.0253. The Morgan fingerprint density at radius 2 is 1.80 bits per heavy atom. The Balaban J connectivity index is 1.48. The first-order chi connectivity index (χ1) is 14.4. The fourth-order valence-corrected chi connectivity index (χ4v) is 4.63. The summed E-state index contributed by atoms with van der Waals surface area (Å²) in [5.41, 5.74) is 4.84. The van der Waals surface area contributed by atoms with Gasteiger partial charge in [0.25, 0.3) is 0 Å². The number of hydrogen-bond donors (Lipinski definition) is 1. The minimum Gasteiger partial charge on any atom is -0.325 e. The van der Waals surface area contributed by atoms with Gasteiger partial charge in [-0.05, 0) is 44.2 Å². The zero-order chi connectivity index (χ0) is 21.1. The van der Waals surface area contributed by atoms with Crippen LogP contribution in [-0.4, -0.2) is 53.1 Å². The van der Waals surface area contributed by atoms with E-state index in [0.29, 0.717) is 5.75 Å². The van der Waals surface area contributed by atoms with Gasteiger partial charge in [-0.15, -0.1) is 0 Å². The van der Waals surface area contributed by atoms with Crippen LogP contribution in [0.25, 0.3) is 0 Å². The maximum atomic E-state index is 12.6. The van der Waals surface area contributed by atoms with E-state index in [1.807, 2.05) is 36.4 Å². The molecule has 1 N–H and O–H groups in total. The molecule has 1 spiro atoms. The first-order valence-electron chi connectivity index (χ1n) is 10.4. The number of nitrogens with zero attached hydrogens (tertiary/aromatic N) is 3. The van der Waals surface area contributed by atoms with Crippen molar-refractivity contribution in [2.24, 2.45) is 9.98 Å². The fraction of sp³-hybridized carbons (Fsp3) is 0.375.